The van der Waals surface area contributed by atoms with Gasteiger partial charge in [-0.2, -0.15) is 5.10 Å². The lowest BCUT2D eigenvalue weighted by Crippen LogP contribution is -2.25. The van der Waals surface area contributed by atoms with Gasteiger partial charge in [0.05, 0.1) is 18.0 Å². The molecule has 132 valence electrons. The molecule has 0 unspecified atom stereocenters. The molecule has 1 aliphatic rings. The van der Waals surface area contributed by atoms with Crippen LogP contribution >= 0.6 is 11.8 Å². The standard InChI is InChI=1S/C17H21N5O2S/c1-24-11-5-9-21-13-18-19-17(21)25-12-16(23)22-10-8-15(20-22)14-6-3-2-4-7-14/h2-4,6-7,13H,5,8-12H2,1H3. The fraction of sp³-hybridized carbons (Fsp3) is 0.412. The molecule has 7 nitrogen and oxygen atoms in total. The van der Waals surface area contributed by atoms with Gasteiger partial charge in [0.15, 0.2) is 5.16 Å². The van der Waals surface area contributed by atoms with Gasteiger partial charge >= 0.3 is 0 Å². The summed E-state index contributed by atoms with van der Waals surface area (Å²) < 4.78 is 7.00. The van der Waals surface area contributed by atoms with Crippen LogP contribution in [0.1, 0.15) is 18.4 Å². The van der Waals surface area contributed by atoms with Crippen LogP contribution in [-0.2, 0) is 16.1 Å². The van der Waals surface area contributed by atoms with Crippen LogP contribution in [0.2, 0.25) is 0 Å². The highest BCUT2D eigenvalue weighted by atomic mass is 32.2. The highest BCUT2D eigenvalue weighted by Crippen LogP contribution is 2.19. The summed E-state index contributed by atoms with van der Waals surface area (Å²) in [4.78, 5) is 12.4. The summed E-state index contributed by atoms with van der Waals surface area (Å²) in [6, 6.07) is 9.97. The van der Waals surface area contributed by atoms with E-state index in [1.54, 1.807) is 18.4 Å². The van der Waals surface area contributed by atoms with E-state index in [0.29, 0.717) is 18.9 Å². The summed E-state index contributed by atoms with van der Waals surface area (Å²) in [6.45, 7) is 2.09. The largest absolute Gasteiger partial charge is 0.385 e. The summed E-state index contributed by atoms with van der Waals surface area (Å²) in [5.74, 6) is 0.288. The molecule has 1 aromatic heterocycles. The maximum Gasteiger partial charge on any atom is 0.253 e. The van der Waals surface area contributed by atoms with Crippen LogP contribution in [0.15, 0.2) is 46.9 Å². The summed E-state index contributed by atoms with van der Waals surface area (Å²) in [5, 5.41) is 14.8. The lowest BCUT2D eigenvalue weighted by Gasteiger charge is -2.11. The van der Waals surface area contributed by atoms with Crippen molar-refractivity contribution in [2.75, 3.05) is 26.0 Å². The van der Waals surface area contributed by atoms with Crippen molar-refractivity contribution in [1.29, 1.82) is 0 Å². The van der Waals surface area contributed by atoms with Crippen LogP contribution in [-0.4, -0.2) is 57.4 Å². The van der Waals surface area contributed by atoms with Gasteiger partial charge in [-0.15, -0.1) is 10.2 Å². The molecule has 1 aliphatic heterocycles. The van der Waals surface area contributed by atoms with Crippen LogP contribution < -0.4 is 0 Å². The molecule has 1 aromatic carbocycles. The van der Waals surface area contributed by atoms with E-state index in [9.17, 15) is 4.79 Å². The molecule has 8 heteroatoms. The number of methoxy groups -OCH3 is 1. The second-order valence-electron chi connectivity index (χ2n) is 5.62. The van der Waals surface area contributed by atoms with Crippen LogP contribution in [0.25, 0.3) is 0 Å². The van der Waals surface area contributed by atoms with Gasteiger partial charge in [0.1, 0.15) is 6.33 Å². The predicted octanol–water partition coefficient (Wildman–Crippen LogP) is 2.04. The Kier molecular flexibility index (Phi) is 6.19. The Bertz CT molecular complexity index is 732. The van der Waals surface area contributed by atoms with Crippen molar-refractivity contribution >= 4 is 23.4 Å². The molecule has 0 radical (unpaired) electrons. The van der Waals surface area contributed by atoms with Crippen molar-refractivity contribution in [2.45, 2.75) is 24.5 Å². The minimum atomic E-state index is -0.0117. The number of aryl methyl sites for hydroxylation is 1. The van der Waals surface area contributed by atoms with Gasteiger partial charge < -0.3 is 9.30 Å². The highest BCUT2D eigenvalue weighted by Gasteiger charge is 2.22. The number of hydrazone groups is 1. The molecule has 2 heterocycles. The smallest absolute Gasteiger partial charge is 0.253 e. The fourth-order valence-corrected chi connectivity index (χ4v) is 3.37. The van der Waals surface area contributed by atoms with Gasteiger partial charge in [0, 0.05) is 26.7 Å². The average molecular weight is 359 g/mol. The van der Waals surface area contributed by atoms with Gasteiger partial charge in [-0.3, -0.25) is 4.79 Å². The summed E-state index contributed by atoms with van der Waals surface area (Å²) in [5.41, 5.74) is 2.03. The van der Waals surface area contributed by atoms with Crippen molar-refractivity contribution in [3.63, 3.8) is 0 Å². The van der Waals surface area contributed by atoms with E-state index in [2.05, 4.69) is 15.3 Å². The van der Waals surface area contributed by atoms with E-state index in [1.165, 1.54) is 11.8 Å². The second-order valence-corrected chi connectivity index (χ2v) is 6.56. The molecule has 0 fully saturated rings. The highest BCUT2D eigenvalue weighted by molar-refractivity contribution is 7.99. The number of benzene rings is 1. The molecule has 0 saturated carbocycles. The number of ether oxygens (including phenoxy) is 1. The Balaban J connectivity index is 1.54. The van der Waals surface area contributed by atoms with Gasteiger partial charge in [-0.1, -0.05) is 42.1 Å². The van der Waals surface area contributed by atoms with Crippen molar-refractivity contribution in [3.05, 3.63) is 42.2 Å². The van der Waals surface area contributed by atoms with Crippen LogP contribution in [0.5, 0.6) is 0 Å². The Labute approximate surface area is 151 Å². The van der Waals surface area contributed by atoms with E-state index in [1.807, 2.05) is 34.9 Å². The molecule has 25 heavy (non-hydrogen) atoms. The zero-order valence-electron chi connectivity index (χ0n) is 14.2. The first-order valence-electron chi connectivity index (χ1n) is 8.20. The van der Waals surface area contributed by atoms with Gasteiger partial charge in [-0.25, -0.2) is 5.01 Å². The first kappa shape index (κ1) is 17.6. The van der Waals surface area contributed by atoms with Crippen LogP contribution in [0.3, 0.4) is 0 Å². The SMILES string of the molecule is COCCCn1cnnc1SCC(=O)N1CCC(c2ccccc2)=N1. The number of amides is 1. The van der Waals surface area contributed by atoms with Crippen molar-refractivity contribution in [2.24, 2.45) is 5.10 Å². The zero-order chi connectivity index (χ0) is 17.5. The molecule has 0 aliphatic carbocycles. The van der Waals surface area contributed by atoms with Crippen LogP contribution in [0.4, 0.5) is 0 Å². The molecule has 2 aromatic rings. The molecule has 0 N–H and O–H groups in total. The lowest BCUT2D eigenvalue weighted by molar-refractivity contribution is -0.127. The zero-order valence-corrected chi connectivity index (χ0v) is 15.0. The molecule has 0 spiro atoms. The van der Waals surface area contributed by atoms with E-state index in [-0.39, 0.29) is 5.91 Å². The number of nitrogens with zero attached hydrogens (tertiary/aromatic N) is 5. The monoisotopic (exact) mass is 359 g/mol. The average Bonchev–Trinajstić information content (AvgIpc) is 3.30. The third-order valence-corrected chi connectivity index (χ3v) is 4.81. The number of rotatable bonds is 8. The van der Waals surface area contributed by atoms with Crippen molar-refractivity contribution < 1.29 is 9.53 Å². The molecule has 3 rings (SSSR count). The lowest BCUT2D eigenvalue weighted by atomic mass is 10.1. The third kappa shape index (κ3) is 4.67. The molecule has 1 amide bonds. The number of carbonyl (C=O) groups excluding carboxylic acids is 1. The number of thioether (sulfide) groups is 1. The molecular formula is C17H21N5O2S. The second kappa shape index (κ2) is 8.77. The summed E-state index contributed by atoms with van der Waals surface area (Å²) in [7, 11) is 1.68. The maximum absolute atomic E-state index is 12.4. The molecule has 0 atom stereocenters. The Morgan fingerprint density at radius 1 is 1.32 bits per heavy atom. The predicted molar refractivity (Wildman–Crippen MR) is 96.5 cm³/mol. The Morgan fingerprint density at radius 2 is 2.16 bits per heavy atom. The topological polar surface area (TPSA) is 72.6 Å². The van der Waals surface area contributed by atoms with Crippen molar-refractivity contribution in [3.8, 4) is 0 Å². The number of carbonyl (C=O) groups is 1. The van der Waals surface area contributed by atoms with Crippen molar-refractivity contribution in [1.82, 2.24) is 19.8 Å². The van der Waals surface area contributed by atoms with E-state index in [0.717, 1.165) is 35.8 Å². The van der Waals surface area contributed by atoms with Gasteiger partial charge in [0.2, 0.25) is 0 Å². The van der Waals surface area contributed by atoms with E-state index < -0.39 is 0 Å². The van der Waals surface area contributed by atoms with E-state index in [4.69, 9.17) is 4.74 Å². The first-order chi connectivity index (χ1) is 12.3. The quantitative estimate of drug-likeness (QED) is 0.533. The molecular weight excluding hydrogens is 338 g/mol. The minimum Gasteiger partial charge on any atom is -0.385 e. The Morgan fingerprint density at radius 3 is 2.96 bits per heavy atom. The fourth-order valence-electron chi connectivity index (χ4n) is 2.56. The van der Waals surface area contributed by atoms with Gasteiger partial charge in [-0.05, 0) is 12.0 Å². The molecule has 0 bridgehead atoms. The summed E-state index contributed by atoms with van der Waals surface area (Å²) in [6.07, 6.45) is 3.35. The maximum atomic E-state index is 12.4. The Hall–Kier alpha value is -2.19. The number of hydrogen-bond donors (Lipinski definition) is 0. The summed E-state index contributed by atoms with van der Waals surface area (Å²) >= 11 is 1.39. The first-order valence-corrected chi connectivity index (χ1v) is 9.19. The van der Waals surface area contributed by atoms with Crippen LogP contribution in [0, 0.1) is 0 Å². The number of hydrogen-bond acceptors (Lipinski definition) is 6. The molecule has 0 saturated heterocycles. The van der Waals surface area contributed by atoms with E-state index >= 15 is 0 Å². The third-order valence-electron chi connectivity index (χ3n) is 3.85. The minimum absolute atomic E-state index is 0.0117. The van der Waals surface area contributed by atoms with Gasteiger partial charge in [0.25, 0.3) is 5.91 Å². The normalized spacial score (nSPS) is 14.0. The number of aromatic nitrogens is 3.